The molecule has 0 saturated heterocycles. The van der Waals surface area contributed by atoms with Gasteiger partial charge in [0.2, 0.25) is 15.9 Å². The summed E-state index contributed by atoms with van der Waals surface area (Å²) in [6.45, 7) is 2.60. The molecule has 0 radical (unpaired) electrons. The van der Waals surface area contributed by atoms with E-state index in [1.807, 2.05) is 12.1 Å². The largest absolute Gasteiger partial charge is 0.490 e. The van der Waals surface area contributed by atoms with E-state index in [9.17, 15) is 13.2 Å². The third kappa shape index (κ3) is 3.71. The quantitative estimate of drug-likeness (QED) is 0.795. The molecule has 0 saturated carbocycles. The maximum Gasteiger partial charge on any atom is 0.242 e. The van der Waals surface area contributed by atoms with E-state index in [4.69, 9.17) is 4.74 Å². The highest BCUT2D eigenvalue weighted by molar-refractivity contribution is 7.89. The fraction of sp³-hybridized carbons (Fsp3) is 0.333. The number of carbonyl (C=O) groups is 1. The van der Waals surface area contributed by atoms with Gasteiger partial charge < -0.3 is 9.64 Å². The topological polar surface area (TPSA) is 79.8 Å². The Morgan fingerprint density at radius 3 is 2.69 bits per heavy atom. The minimum absolute atomic E-state index is 0.143. The number of sulfonamides is 1. The summed E-state index contributed by atoms with van der Waals surface area (Å²) in [5.41, 5.74) is 1.51. The number of benzene rings is 1. The lowest BCUT2D eigenvalue weighted by Crippen LogP contribution is -2.36. The van der Waals surface area contributed by atoms with Gasteiger partial charge in [-0.25, -0.2) is 12.7 Å². The number of carbonyl (C=O) groups excluding carboxylic acids is 1. The van der Waals surface area contributed by atoms with Crippen molar-refractivity contribution in [3.05, 3.63) is 48.3 Å². The first-order chi connectivity index (χ1) is 12.4. The van der Waals surface area contributed by atoms with Crippen LogP contribution in [-0.4, -0.2) is 50.4 Å². The zero-order chi connectivity index (χ0) is 18.7. The van der Waals surface area contributed by atoms with Crippen LogP contribution < -0.4 is 9.64 Å². The lowest BCUT2D eigenvalue weighted by molar-refractivity contribution is -0.116. The Kier molecular flexibility index (Phi) is 5.24. The van der Waals surface area contributed by atoms with Gasteiger partial charge in [-0.05, 0) is 42.3 Å². The van der Waals surface area contributed by atoms with Crippen molar-refractivity contribution in [3.8, 4) is 5.75 Å². The number of nitrogens with zero attached hydrogens (tertiary/aromatic N) is 3. The van der Waals surface area contributed by atoms with Crippen LogP contribution in [0.5, 0.6) is 5.75 Å². The zero-order valence-corrected chi connectivity index (χ0v) is 15.6. The number of pyridine rings is 1. The Hall–Kier alpha value is -2.45. The van der Waals surface area contributed by atoms with Gasteiger partial charge in [0.05, 0.1) is 17.1 Å². The average Bonchev–Trinajstić information content (AvgIpc) is 2.65. The van der Waals surface area contributed by atoms with Gasteiger partial charge in [0, 0.05) is 32.9 Å². The van der Waals surface area contributed by atoms with E-state index >= 15 is 0 Å². The molecule has 1 aliphatic rings. The molecule has 1 aliphatic heterocycles. The third-order valence-corrected chi connectivity index (χ3v) is 6.20. The summed E-state index contributed by atoms with van der Waals surface area (Å²) in [6.07, 6.45) is 3.96. The van der Waals surface area contributed by atoms with Gasteiger partial charge in [0.25, 0.3) is 0 Å². The molecule has 2 aromatic rings. The van der Waals surface area contributed by atoms with Crippen molar-refractivity contribution in [2.45, 2.75) is 18.2 Å². The van der Waals surface area contributed by atoms with Crippen molar-refractivity contribution in [1.82, 2.24) is 9.29 Å². The molecular weight excluding hydrogens is 354 g/mol. The van der Waals surface area contributed by atoms with Gasteiger partial charge in [-0.15, -0.1) is 0 Å². The predicted molar refractivity (Wildman–Crippen MR) is 97.7 cm³/mol. The number of ether oxygens (including phenoxy) is 1. The molecule has 26 heavy (non-hydrogen) atoms. The Morgan fingerprint density at radius 2 is 2.00 bits per heavy atom. The molecule has 1 amide bonds. The molecule has 7 nitrogen and oxygen atoms in total. The van der Waals surface area contributed by atoms with Crippen LogP contribution in [0.15, 0.2) is 47.6 Å². The number of hydrogen-bond donors (Lipinski definition) is 0. The van der Waals surface area contributed by atoms with E-state index in [-0.39, 0.29) is 10.8 Å². The summed E-state index contributed by atoms with van der Waals surface area (Å²) in [6, 6.07) is 8.35. The van der Waals surface area contributed by atoms with Crippen molar-refractivity contribution >= 4 is 21.6 Å². The van der Waals surface area contributed by atoms with Crippen LogP contribution in [0, 0.1) is 0 Å². The molecule has 0 aliphatic carbocycles. The normalized spacial score (nSPS) is 14.0. The van der Waals surface area contributed by atoms with Crippen LogP contribution in [-0.2, 0) is 21.2 Å². The first-order valence-corrected chi connectivity index (χ1v) is 9.74. The molecule has 3 rings (SSSR count). The van der Waals surface area contributed by atoms with Crippen LogP contribution in [0.25, 0.3) is 0 Å². The molecule has 0 spiro atoms. The standard InChI is InChI=1S/C18H21N3O4S/c1-14(22)21-11-12-25-18-4-3-16(13-17(18)21)26(23,24)20(2)10-7-15-5-8-19-9-6-15/h3-6,8-9,13H,7,10-12H2,1-2H3. The third-order valence-electron chi connectivity index (χ3n) is 4.35. The lowest BCUT2D eigenvalue weighted by atomic mass is 10.2. The first kappa shape index (κ1) is 18.3. The van der Waals surface area contributed by atoms with Crippen molar-refractivity contribution in [3.63, 3.8) is 0 Å². The van der Waals surface area contributed by atoms with E-state index in [0.29, 0.717) is 37.6 Å². The SMILES string of the molecule is CC(=O)N1CCOc2ccc(S(=O)(=O)N(C)CCc3ccncc3)cc21. The van der Waals surface area contributed by atoms with Crippen molar-refractivity contribution < 1.29 is 17.9 Å². The molecule has 0 unspecified atom stereocenters. The summed E-state index contributed by atoms with van der Waals surface area (Å²) < 4.78 is 32.6. The highest BCUT2D eigenvalue weighted by atomic mass is 32.2. The molecule has 0 fully saturated rings. The van der Waals surface area contributed by atoms with E-state index in [2.05, 4.69) is 4.98 Å². The second-order valence-electron chi connectivity index (χ2n) is 6.08. The number of anilines is 1. The lowest BCUT2D eigenvalue weighted by Gasteiger charge is -2.29. The molecule has 1 aromatic heterocycles. The number of likely N-dealkylation sites (N-methyl/N-ethyl adjacent to an activating group) is 1. The Balaban J connectivity index is 1.82. The zero-order valence-electron chi connectivity index (χ0n) is 14.8. The molecule has 2 heterocycles. The minimum Gasteiger partial charge on any atom is -0.490 e. The Labute approximate surface area is 153 Å². The summed E-state index contributed by atoms with van der Waals surface area (Å²) in [5, 5.41) is 0. The van der Waals surface area contributed by atoms with Crippen molar-refractivity contribution in [2.24, 2.45) is 0 Å². The maximum atomic E-state index is 12.9. The number of fused-ring (bicyclic) bond motifs is 1. The number of amides is 1. The Morgan fingerprint density at radius 1 is 1.27 bits per heavy atom. The fourth-order valence-electron chi connectivity index (χ4n) is 2.82. The van der Waals surface area contributed by atoms with Crippen LogP contribution in [0.1, 0.15) is 12.5 Å². The van der Waals surface area contributed by atoms with Gasteiger partial charge >= 0.3 is 0 Å². The van der Waals surface area contributed by atoms with Gasteiger partial charge in [-0.1, -0.05) is 0 Å². The average molecular weight is 375 g/mol. The number of rotatable bonds is 5. The molecule has 0 bridgehead atoms. The van der Waals surface area contributed by atoms with Gasteiger partial charge in [0.1, 0.15) is 12.4 Å². The van der Waals surface area contributed by atoms with E-state index in [1.54, 1.807) is 25.5 Å². The molecule has 8 heteroatoms. The number of hydrogen-bond acceptors (Lipinski definition) is 5. The summed E-state index contributed by atoms with van der Waals surface area (Å²) in [7, 11) is -2.12. The second-order valence-corrected chi connectivity index (χ2v) is 8.13. The van der Waals surface area contributed by atoms with E-state index in [0.717, 1.165) is 5.56 Å². The van der Waals surface area contributed by atoms with Crippen LogP contribution >= 0.6 is 0 Å². The van der Waals surface area contributed by atoms with Crippen LogP contribution in [0.4, 0.5) is 5.69 Å². The smallest absolute Gasteiger partial charge is 0.242 e. The Bertz CT molecular complexity index is 900. The molecule has 138 valence electrons. The molecule has 0 N–H and O–H groups in total. The fourth-order valence-corrected chi connectivity index (χ4v) is 4.01. The van der Waals surface area contributed by atoms with Gasteiger partial charge in [-0.3, -0.25) is 9.78 Å². The summed E-state index contributed by atoms with van der Waals surface area (Å²) in [4.78, 5) is 17.5. The van der Waals surface area contributed by atoms with Gasteiger partial charge in [-0.2, -0.15) is 0 Å². The maximum absolute atomic E-state index is 12.9. The van der Waals surface area contributed by atoms with E-state index in [1.165, 1.54) is 28.3 Å². The van der Waals surface area contributed by atoms with E-state index < -0.39 is 10.0 Å². The monoisotopic (exact) mass is 375 g/mol. The molecule has 1 aromatic carbocycles. The first-order valence-electron chi connectivity index (χ1n) is 8.30. The summed E-state index contributed by atoms with van der Waals surface area (Å²) >= 11 is 0. The summed E-state index contributed by atoms with van der Waals surface area (Å²) in [5.74, 6) is 0.375. The van der Waals surface area contributed by atoms with Crippen molar-refractivity contribution in [1.29, 1.82) is 0 Å². The van der Waals surface area contributed by atoms with Gasteiger partial charge in [0.15, 0.2) is 0 Å². The highest BCUT2D eigenvalue weighted by Crippen LogP contribution is 2.34. The highest BCUT2D eigenvalue weighted by Gasteiger charge is 2.26. The molecule has 0 atom stereocenters. The van der Waals surface area contributed by atoms with Crippen LogP contribution in [0.3, 0.4) is 0 Å². The minimum atomic E-state index is -3.67. The van der Waals surface area contributed by atoms with Crippen LogP contribution in [0.2, 0.25) is 0 Å². The number of aromatic nitrogens is 1. The van der Waals surface area contributed by atoms with Crippen molar-refractivity contribution in [2.75, 3.05) is 31.6 Å². The molecular formula is C18H21N3O4S. The second kappa shape index (κ2) is 7.43. The predicted octanol–water partition coefficient (Wildman–Crippen LogP) is 1.69.